The molecule has 2 aromatic rings. The van der Waals surface area contributed by atoms with Gasteiger partial charge in [-0.05, 0) is 58.1 Å². The molecule has 2 heterocycles. The monoisotopic (exact) mass is 715 g/mol. The van der Waals surface area contributed by atoms with Crippen molar-refractivity contribution < 1.29 is 68.7 Å². The summed E-state index contributed by atoms with van der Waals surface area (Å²) in [6, 6.07) is 3.04. The number of benzene rings is 2. The number of ether oxygens (including phenoxy) is 5. The Morgan fingerprint density at radius 2 is 1.55 bits per heavy atom. The number of aliphatic hydroxyl groups is 3. The molecule has 15 heteroatoms. The Kier molecular flexibility index (Phi) is 9.97. The highest BCUT2D eigenvalue weighted by molar-refractivity contribution is 6.31. The average molecular weight is 716 g/mol. The second-order valence-corrected chi connectivity index (χ2v) is 14.1. The zero-order valence-corrected chi connectivity index (χ0v) is 29.2. The van der Waals surface area contributed by atoms with Gasteiger partial charge in [-0.15, -0.1) is 0 Å². The maximum atomic E-state index is 13.9. The third-order valence-corrected chi connectivity index (χ3v) is 10.8. The van der Waals surface area contributed by atoms with Crippen molar-refractivity contribution in [2.24, 2.45) is 0 Å². The molecule has 0 aromatic heterocycles. The quantitative estimate of drug-likeness (QED) is 0.152. The number of methoxy groups -OCH3 is 1. The fourth-order valence-electron chi connectivity index (χ4n) is 8.03. The first kappa shape index (κ1) is 37.1. The lowest BCUT2D eigenvalue weighted by atomic mass is 9.67. The zero-order chi connectivity index (χ0) is 37.3. The van der Waals surface area contributed by atoms with Crippen molar-refractivity contribution in [1.82, 2.24) is 4.90 Å². The van der Waals surface area contributed by atoms with E-state index in [4.69, 9.17) is 23.7 Å². The van der Waals surface area contributed by atoms with E-state index in [1.54, 1.807) is 20.8 Å². The van der Waals surface area contributed by atoms with Crippen LogP contribution in [0, 0.1) is 0 Å². The molecule has 6 N–H and O–H groups in total. The third-order valence-electron chi connectivity index (χ3n) is 10.8. The number of nitrogens with zero attached hydrogens (tertiary/aromatic N) is 1. The molecule has 3 unspecified atom stereocenters. The Bertz CT molecular complexity index is 1720. The summed E-state index contributed by atoms with van der Waals surface area (Å²) < 4.78 is 30.0. The van der Waals surface area contributed by atoms with E-state index in [0.29, 0.717) is 0 Å². The number of esters is 1. The highest BCUT2D eigenvalue weighted by Gasteiger charge is 2.53. The second-order valence-electron chi connectivity index (χ2n) is 14.1. The van der Waals surface area contributed by atoms with Gasteiger partial charge in [0.05, 0.1) is 53.8 Å². The molecule has 0 saturated carbocycles. The van der Waals surface area contributed by atoms with Crippen molar-refractivity contribution in [3.05, 3.63) is 51.6 Å². The summed E-state index contributed by atoms with van der Waals surface area (Å²) in [6.07, 6.45) is -6.80. The van der Waals surface area contributed by atoms with E-state index >= 15 is 0 Å². The summed E-state index contributed by atoms with van der Waals surface area (Å²) in [6.45, 7) is 5.08. The van der Waals surface area contributed by atoms with Gasteiger partial charge in [0.25, 0.3) is 0 Å². The first-order valence-corrected chi connectivity index (χ1v) is 17.0. The van der Waals surface area contributed by atoms with Crippen molar-refractivity contribution in [2.75, 3.05) is 21.2 Å². The van der Waals surface area contributed by atoms with E-state index in [2.05, 4.69) is 0 Å². The number of hydrogen-bond donors (Lipinski definition) is 6. The maximum Gasteiger partial charge on any atom is 0.316 e. The summed E-state index contributed by atoms with van der Waals surface area (Å²) in [5.41, 5.74) is -3.53. The van der Waals surface area contributed by atoms with Crippen LogP contribution in [0.15, 0.2) is 18.2 Å². The van der Waals surface area contributed by atoms with Crippen LogP contribution >= 0.6 is 0 Å². The summed E-state index contributed by atoms with van der Waals surface area (Å²) in [5, 5.41) is 65.4. The topological polar surface area (TPSA) is 222 Å². The van der Waals surface area contributed by atoms with Gasteiger partial charge >= 0.3 is 5.97 Å². The highest BCUT2D eigenvalue weighted by Crippen LogP contribution is 2.54. The van der Waals surface area contributed by atoms with Crippen LogP contribution in [0.25, 0.3) is 0 Å². The minimum Gasteiger partial charge on any atom is -0.507 e. The molecule has 11 atom stereocenters. The molecular formula is C36H45NO14. The molecule has 4 aliphatic rings. The molecule has 2 aromatic carbocycles. The Labute approximate surface area is 294 Å². The minimum atomic E-state index is -1.79. The first-order valence-electron chi connectivity index (χ1n) is 17.0. The van der Waals surface area contributed by atoms with Gasteiger partial charge in [-0.2, -0.15) is 0 Å². The van der Waals surface area contributed by atoms with Gasteiger partial charge in [-0.3, -0.25) is 14.4 Å². The van der Waals surface area contributed by atoms with Gasteiger partial charge in [0.1, 0.15) is 35.4 Å². The van der Waals surface area contributed by atoms with E-state index < -0.39 is 112 Å². The van der Waals surface area contributed by atoms with Gasteiger partial charge in [-0.1, -0.05) is 6.92 Å². The van der Waals surface area contributed by atoms with Crippen LogP contribution in [0.2, 0.25) is 0 Å². The normalized spacial score (nSPS) is 34.9. The number of phenols is 3. The Hall–Kier alpha value is -3.67. The van der Waals surface area contributed by atoms with E-state index in [1.165, 1.54) is 6.07 Å². The summed E-state index contributed by atoms with van der Waals surface area (Å²) in [4.78, 5) is 42.9. The standard InChI is InChI=1S/C36H45NO14/c1-7-36(46)13-22(50-23-11-18(37(4)5)34(15(3)49-23)51-24-12-21(40)30(41)14(2)48-24)25-16(29(36)35(45)47-6)10-17-26(32(25)43)33(44)28-20(39)9-8-19(38)27(28)31(17)42/h8-10,14-15,18,21-24,29-30,34,38-41,43,46H,7,11-13H2,1-6H3/t14-,15-,18+,21+,22?,23-,24-,29?,30+,34+,36?/m0/s1. The minimum absolute atomic E-state index is 0.00137. The lowest BCUT2D eigenvalue weighted by Crippen LogP contribution is -2.57. The van der Waals surface area contributed by atoms with Gasteiger partial charge < -0.3 is 59.2 Å². The smallest absolute Gasteiger partial charge is 0.316 e. The SMILES string of the molecule is CCC1(O)CC(O[C@H]2C[C@@H](N(C)C)[C@H](O[C@H]3C[C@@H](O)[C@H](O)[C@H](C)O3)[C@H](C)O2)c2c(cc3c(c2O)C(=O)c2c(O)ccc(O)c2C3=O)C1C(=O)OC. The number of ketones is 2. The van der Waals surface area contributed by atoms with Crippen LogP contribution in [0.3, 0.4) is 0 Å². The number of rotatable bonds is 7. The average Bonchev–Trinajstić information content (AvgIpc) is 3.07. The molecule has 0 amide bonds. The summed E-state index contributed by atoms with van der Waals surface area (Å²) in [5.74, 6) is -5.85. The number of fused-ring (bicyclic) bond motifs is 3. The number of carbonyl (C=O) groups excluding carboxylic acids is 3. The van der Waals surface area contributed by atoms with Crippen LogP contribution < -0.4 is 0 Å². The third kappa shape index (κ3) is 6.18. The van der Waals surface area contributed by atoms with Crippen molar-refractivity contribution in [3.8, 4) is 17.2 Å². The van der Waals surface area contributed by atoms with Crippen molar-refractivity contribution >= 4 is 17.5 Å². The predicted molar refractivity (Wildman–Crippen MR) is 175 cm³/mol. The van der Waals surface area contributed by atoms with Crippen molar-refractivity contribution in [3.63, 3.8) is 0 Å². The maximum absolute atomic E-state index is 13.9. The highest BCUT2D eigenvalue weighted by atomic mass is 16.7. The number of likely N-dealkylation sites (N-methyl/N-ethyl adjacent to an activating group) is 1. The van der Waals surface area contributed by atoms with Gasteiger partial charge in [0.2, 0.25) is 5.78 Å². The molecule has 278 valence electrons. The van der Waals surface area contributed by atoms with Gasteiger partial charge in [0.15, 0.2) is 18.4 Å². The Morgan fingerprint density at radius 3 is 2.14 bits per heavy atom. The molecule has 0 spiro atoms. The predicted octanol–water partition coefficient (Wildman–Crippen LogP) is 1.74. The fourth-order valence-corrected chi connectivity index (χ4v) is 8.03. The Balaban J connectivity index is 1.39. The fraction of sp³-hybridized carbons (Fsp3) is 0.583. The van der Waals surface area contributed by atoms with Crippen LogP contribution in [0.1, 0.15) is 101 Å². The molecule has 51 heavy (non-hydrogen) atoms. The zero-order valence-electron chi connectivity index (χ0n) is 29.2. The second kappa shape index (κ2) is 13.7. The van der Waals surface area contributed by atoms with Crippen molar-refractivity contribution in [2.45, 2.75) is 113 Å². The molecule has 15 nitrogen and oxygen atoms in total. The molecule has 0 radical (unpaired) electrons. The number of hydrogen-bond acceptors (Lipinski definition) is 15. The lowest BCUT2D eigenvalue weighted by molar-refractivity contribution is -0.310. The van der Waals surface area contributed by atoms with E-state index in [-0.39, 0.29) is 48.4 Å². The van der Waals surface area contributed by atoms with Gasteiger partial charge in [-0.25, -0.2) is 0 Å². The van der Waals surface area contributed by atoms with E-state index in [1.807, 2.05) is 19.0 Å². The van der Waals surface area contributed by atoms with Crippen LogP contribution in [-0.2, 0) is 28.5 Å². The Morgan fingerprint density at radius 1 is 0.941 bits per heavy atom. The lowest BCUT2D eigenvalue weighted by Gasteiger charge is -2.48. The summed E-state index contributed by atoms with van der Waals surface area (Å²) in [7, 11) is 4.83. The largest absolute Gasteiger partial charge is 0.507 e. The number of carbonyl (C=O) groups is 3. The van der Waals surface area contributed by atoms with Crippen LogP contribution in [-0.4, -0.2) is 129 Å². The molecule has 0 bridgehead atoms. The molecule has 6 rings (SSSR count). The van der Waals surface area contributed by atoms with E-state index in [0.717, 1.165) is 19.2 Å². The van der Waals surface area contributed by atoms with Gasteiger partial charge in [0, 0.05) is 36.4 Å². The molecule has 2 aliphatic heterocycles. The molecular weight excluding hydrogens is 670 g/mol. The molecule has 2 fully saturated rings. The number of phenolic OH excluding ortho intramolecular Hbond substituents is 3. The number of aromatic hydroxyl groups is 3. The van der Waals surface area contributed by atoms with Crippen LogP contribution in [0.4, 0.5) is 0 Å². The first-order chi connectivity index (χ1) is 24.0. The van der Waals surface area contributed by atoms with E-state index in [9.17, 15) is 45.0 Å². The van der Waals surface area contributed by atoms with Crippen molar-refractivity contribution in [1.29, 1.82) is 0 Å². The molecule has 2 saturated heterocycles. The molecule has 2 aliphatic carbocycles. The van der Waals surface area contributed by atoms with Crippen LogP contribution in [0.5, 0.6) is 17.2 Å². The number of aliphatic hydroxyl groups excluding tert-OH is 2. The summed E-state index contributed by atoms with van der Waals surface area (Å²) >= 11 is 0.